The van der Waals surface area contributed by atoms with Gasteiger partial charge in [-0.2, -0.15) is 0 Å². The molecule has 0 aliphatic carbocycles. The fourth-order valence-corrected chi connectivity index (χ4v) is 4.63. The van der Waals surface area contributed by atoms with Gasteiger partial charge in [-0.25, -0.2) is 13.2 Å². The molecule has 1 fully saturated rings. The lowest BCUT2D eigenvalue weighted by atomic mass is 10.1. The van der Waals surface area contributed by atoms with E-state index in [1.807, 2.05) is 23.6 Å². The van der Waals surface area contributed by atoms with Gasteiger partial charge in [0.05, 0.1) is 28.4 Å². The minimum atomic E-state index is -3.89. The number of nitrogens with zero attached hydrogens (tertiary/aromatic N) is 2. The van der Waals surface area contributed by atoms with Crippen molar-refractivity contribution in [2.75, 3.05) is 42.3 Å². The number of carbonyl (C=O) groups excluding carboxylic acids is 1. The minimum absolute atomic E-state index is 0.0106. The Balaban J connectivity index is 1.79. The SMILES string of the molecule is CC(C)NC(=O)CN1CCN(c2ccc(C(=O)O)cc2NS(=O)(=O)c2ccccc2)CC1. The number of sulfonamides is 1. The molecule has 3 rings (SSSR count). The van der Waals surface area contributed by atoms with E-state index in [2.05, 4.69) is 10.0 Å². The summed E-state index contributed by atoms with van der Waals surface area (Å²) in [5.41, 5.74) is 0.795. The summed E-state index contributed by atoms with van der Waals surface area (Å²) < 4.78 is 28.2. The average Bonchev–Trinajstić information content (AvgIpc) is 2.74. The van der Waals surface area contributed by atoms with Crippen LogP contribution in [0.15, 0.2) is 53.4 Å². The highest BCUT2D eigenvalue weighted by Gasteiger charge is 2.24. The zero-order chi connectivity index (χ0) is 23.3. The third-order valence-electron chi connectivity index (χ3n) is 5.07. The molecule has 10 heteroatoms. The van der Waals surface area contributed by atoms with Gasteiger partial charge in [-0.05, 0) is 44.2 Å². The predicted octanol–water partition coefficient (Wildman–Crippen LogP) is 1.83. The first-order valence-corrected chi connectivity index (χ1v) is 11.9. The summed E-state index contributed by atoms with van der Waals surface area (Å²) in [4.78, 5) is 27.6. The number of amides is 1. The average molecular weight is 461 g/mol. The van der Waals surface area contributed by atoms with Crippen molar-refractivity contribution < 1.29 is 23.1 Å². The summed E-state index contributed by atoms with van der Waals surface area (Å²) in [5.74, 6) is -1.17. The number of carbonyl (C=O) groups is 2. The van der Waals surface area contributed by atoms with Gasteiger partial charge in [0, 0.05) is 32.2 Å². The molecule has 1 heterocycles. The first-order chi connectivity index (χ1) is 15.2. The Morgan fingerprint density at radius 3 is 2.28 bits per heavy atom. The van der Waals surface area contributed by atoms with Crippen LogP contribution < -0.4 is 14.9 Å². The van der Waals surface area contributed by atoms with Crippen LogP contribution in [0.4, 0.5) is 11.4 Å². The van der Waals surface area contributed by atoms with E-state index >= 15 is 0 Å². The van der Waals surface area contributed by atoms with Crippen LogP contribution in [0.2, 0.25) is 0 Å². The Hall–Kier alpha value is -3.11. The highest BCUT2D eigenvalue weighted by Crippen LogP contribution is 2.30. The molecule has 0 radical (unpaired) electrons. The van der Waals surface area contributed by atoms with Crippen LogP contribution >= 0.6 is 0 Å². The molecule has 1 saturated heterocycles. The topological polar surface area (TPSA) is 119 Å². The molecule has 3 N–H and O–H groups in total. The lowest BCUT2D eigenvalue weighted by molar-refractivity contribution is -0.122. The van der Waals surface area contributed by atoms with Gasteiger partial charge in [0.15, 0.2) is 0 Å². The monoisotopic (exact) mass is 460 g/mol. The normalized spacial score (nSPS) is 14.9. The molecule has 0 bridgehead atoms. The Morgan fingerprint density at radius 2 is 1.69 bits per heavy atom. The molecule has 2 aromatic rings. The first kappa shape index (κ1) is 23.6. The molecule has 2 aromatic carbocycles. The fourth-order valence-electron chi connectivity index (χ4n) is 3.55. The zero-order valence-corrected chi connectivity index (χ0v) is 18.9. The van der Waals surface area contributed by atoms with Crippen molar-refractivity contribution in [1.29, 1.82) is 0 Å². The second-order valence-corrected chi connectivity index (χ2v) is 9.62. The highest BCUT2D eigenvalue weighted by molar-refractivity contribution is 7.92. The van der Waals surface area contributed by atoms with Gasteiger partial charge in [0.1, 0.15) is 0 Å². The van der Waals surface area contributed by atoms with Gasteiger partial charge in [-0.1, -0.05) is 18.2 Å². The number of rotatable bonds is 8. The Morgan fingerprint density at radius 1 is 1.03 bits per heavy atom. The number of benzene rings is 2. The van der Waals surface area contributed by atoms with Gasteiger partial charge in [0.25, 0.3) is 10.0 Å². The summed E-state index contributed by atoms with van der Waals surface area (Å²) in [5, 5.41) is 12.2. The number of nitrogens with one attached hydrogen (secondary N) is 2. The quantitative estimate of drug-likeness (QED) is 0.550. The van der Waals surface area contributed by atoms with Crippen LogP contribution in [0.1, 0.15) is 24.2 Å². The molecule has 9 nitrogen and oxygen atoms in total. The number of hydrogen-bond donors (Lipinski definition) is 3. The van der Waals surface area contributed by atoms with Gasteiger partial charge >= 0.3 is 5.97 Å². The zero-order valence-electron chi connectivity index (χ0n) is 18.1. The van der Waals surface area contributed by atoms with E-state index in [1.165, 1.54) is 24.3 Å². The number of anilines is 2. The van der Waals surface area contributed by atoms with Crippen LogP contribution in [0, 0.1) is 0 Å². The van der Waals surface area contributed by atoms with Crippen molar-refractivity contribution >= 4 is 33.3 Å². The van der Waals surface area contributed by atoms with Crippen LogP contribution in [0.25, 0.3) is 0 Å². The maximum absolute atomic E-state index is 12.8. The number of aromatic carboxylic acids is 1. The first-order valence-electron chi connectivity index (χ1n) is 10.4. The van der Waals surface area contributed by atoms with Crippen LogP contribution in [-0.4, -0.2) is 69.1 Å². The number of carboxylic acids is 1. The van der Waals surface area contributed by atoms with Gasteiger partial charge in [0.2, 0.25) is 5.91 Å². The smallest absolute Gasteiger partial charge is 0.335 e. The van der Waals surface area contributed by atoms with Crippen molar-refractivity contribution in [2.45, 2.75) is 24.8 Å². The predicted molar refractivity (Wildman–Crippen MR) is 123 cm³/mol. The van der Waals surface area contributed by atoms with Gasteiger partial charge in [-0.3, -0.25) is 14.4 Å². The minimum Gasteiger partial charge on any atom is -0.478 e. The van der Waals surface area contributed by atoms with Crippen molar-refractivity contribution in [3.05, 3.63) is 54.1 Å². The molecule has 1 amide bonds. The summed E-state index contributed by atoms with van der Waals surface area (Å²) >= 11 is 0. The Bertz CT molecular complexity index is 1060. The van der Waals surface area contributed by atoms with E-state index in [9.17, 15) is 23.1 Å². The maximum atomic E-state index is 12.8. The largest absolute Gasteiger partial charge is 0.478 e. The van der Waals surface area contributed by atoms with Crippen LogP contribution in [-0.2, 0) is 14.8 Å². The van der Waals surface area contributed by atoms with Crippen LogP contribution in [0.5, 0.6) is 0 Å². The van der Waals surface area contributed by atoms with Crippen molar-refractivity contribution in [3.8, 4) is 0 Å². The number of carboxylic acid groups (broad SMARTS) is 1. The van der Waals surface area contributed by atoms with Crippen molar-refractivity contribution in [2.24, 2.45) is 0 Å². The standard InChI is InChI=1S/C22H28N4O5S/c1-16(2)23-21(27)15-25-10-12-26(13-11-25)20-9-8-17(22(28)29)14-19(20)24-32(30,31)18-6-4-3-5-7-18/h3-9,14,16,24H,10-13,15H2,1-2H3,(H,23,27)(H,28,29). The van der Waals surface area contributed by atoms with Crippen LogP contribution in [0.3, 0.4) is 0 Å². The van der Waals surface area contributed by atoms with E-state index in [0.29, 0.717) is 38.4 Å². The van der Waals surface area contributed by atoms with E-state index in [0.717, 1.165) is 0 Å². The number of piperazine rings is 1. The highest BCUT2D eigenvalue weighted by atomic mass is 32.2. The molecule has 0 saturated carbocycles. The third kappa shape index (κ3) is 5.98. The molecular weight excluding hydrogens is 432 g/mol. The third-order valence-corrected chi connectivity index (χ3v) is 6.45. The summed E-state index contributed by atoms with van der Waals surface area (Å²) in [6.07, 6.45) is 0. The number of hydrogen-bond acceptors (Lipinski definition) is 6. The molecular formula is C22H28N4O5S. The van der Waals surface area contributed by atoms with E-state index in [-0.39, 0.29) is 28.1 Å². The Labute approximate surface area is 188 Å². The van der Waals surface area contributed by atoms with Crippen molar-refractivity contribution in [1.82, 2.24) is 10.2 Å². The molecule has 0 unspecified atom stereocenters. The molecule has 0 aromatic heterocycles. The van der Waals surface area contributed by atoms with Gasteiger partial charge < -0.3 is 15.3 Å². The molecule has 0 atom stereocenters. The molecule has 1 aliphatic heterocycles. The Kier molecular flexibility index (Phi) is 7.37. The second kappa shape index (κ2) is 10.0. The fraction of sp³-hybridized carbons (Fsp3) is 0.364. The molecule has 32 heavy (non-hydrogen) atoms. The molecule has 0 spiro atoms. The summed E-state index contributed by atoms with van der Waals surface area (Å²) in [7, 11) is -3.89. The van der Waals surface area contributed by atoms with E-state index in [4.69, 9.17) is 0 Å². The van der Waals surface area contributed by atoms with E-state index < -0.39 is 16.0 Å². The second-order valence-electron chi connectivity index (χ2n) is 7.94. The molecule has 172 valence electrons. The maximum Gasteiger partial charge on any atom is 0.335 e. The van der Waals surface area contributed by atoms with Gasteiger partial charge in [-0.15, -0.1) is 0 Å². The lowest BCUT2D eigenvalue weighted by Crippen LogP contribution is -2.50. The summed E-state index contributed by atoms with van der Waals surface area (Å²) in [6, 6.07) is 12.4. The molecule has 1 aliphatic rings. The summed E-state index contributed by atoms with van der Waals surface area (Å²) in [6.45, 7) is 6.51. The van der Waals surface area contributed by atoms with E-state index in [1.54, 1.807) is 24.3 Å². The van der Waals surface area contributed by atoms with Crippen molar-refractivity contribution in [3.63, 3.8) is 0 Å². The lowest BCUT2D eigenvalue weighted by Gasteiger charge is -2.36.